The van der Waals surface area contributed by atoms with Gasteiger partial charge in [-0.2, -0.15) is 0 Å². The Morgan fingerprint density at radius 2 is 1.28 bits per heavy atom. The van der Waals surface area contributed by atoms with Crippen molar-refractivity contribution in [2.75, 3.05) is 6.61 Å². The number of aliphatic hydroxyl groups is 4. The molecule has 16 aliphatic heterocycles. The maximum atomic E-state index is 14.8. The lowest BCUT2D eigenvalue weighted by atomic mass is 9.72. The van der Waals surface area contributed by atoms with Crippen molar-refractivity contribution in [2.45, 2.75) is 320 Å². The van der Waals surface area contributed by atoms with Crippen LogP contribution in [0.25, 0.3) is 0 Å². The molecule has 19 nitrogen and oxygen atoms in total. The topological polar surface area (TPSA) is 227 Å². The van der Waals surface area contributed by atoms with E-state index in [9.17, 15) is 25.2 Å². The highest BCUT2D eigenvalue weighted by Gasteiger charge is 2.77. The molecule has 12 bridgehead atoms. The van der Waals surface area contributed by atoms with Gasteiger partial charge in [-0.15, -0.1) is 0 Å². The van der Waals surface area contributed by atoms with E-state index < -0.39 is 84.5 Å². The highest BCUT2D eigenvalue weighted by Crippen LogP contribution is 2.60. The largest absolute Gasteiger partial charge is 0.394 e. The van der Waals surface area contributed by atoms with Crippen LogP contribution < -0.4 is 0 Å². The first kappa shape index (κ1) is 56.0. The van der Waals surface area contributed by atoms with E-state index in [1.165, 1.54) is 0 Å². The van der Waals surface area contributed by atoms with Crippen LogP contribution in [-0.4, -0.2) is 202 Å². The Hall–Kier alpha value is -1.57. The summed E-state index contributed by atoms with van der Waals surface area (Å²) in [6.07, 6.45) is 0.703. The smallest absolute Gasteiger partial charge is 0.198 e. The standard InChI is InChI=1S/C62H90O19/c1-27-14-35-8-10-40-28(2)15-37(68-40)12-13-62-58(67)59(7)57(81-62)56-55(78-59)54(80-62)53-41(72-56)11-9-36(70-53)16-33(64)17-38-32(6)52-46(71-43(38)19-42(69-35)31(27)5)21-45-48(74-52)24-61(75-45)25-49-51(79-61)30(4)23-60(77-49)22-29(3)50-47(76-60)20-44(73-50)39(66)18-34(65)26-63/h27,29-30,32,34-58,63,65-67H,2,5,8-26H2,1,3-4,6-7H3/t27-,29+,30+,32-,34-,35+,36-,37+,38-,39+,40+,41+,42-,43+,44+,45-,46+,47+,48-,49+,50+,51+,52+,53+,54+,55+,56-,57?,58-,59-,60-,61+,62-/m1/s1. The van der Waals surface area contributed by atoms with Crippen LogP contribution in [0, 0.1) is 29.6 Å². The van der Waals surface area contributed by atoms with E-state index in [0.29, 0.717) is 77.0 Å². The fourth-order valence-electron chi connectivity index (χ4n) is 19.0. The van der Waals surface area contributed by atoms with Gasteiger partial charge in [-0.1, -0.05) is 40.9 Å². The summed E-state index contributed by atoms with van der Waals surface area (Å²) >= 11 is 0. The number of aliphatic hydroxyl groups excluding tert-OH is 4. The summed E-state index contributed by atoms with van der Waals surface area (Å²) in [4.78, 5) is 14.8. The molecule has 1 unspecified atom stereocenters. The lowest BCUT2D eigenvalue weighted by molar-refractivity contribution is -0.347. The molecule has 0 amide bonds. The van der Waals surface area contributed by atoms with Gasteiger partial charge in [0.1, 0.15) is 48.0 Å². The molecule has 0 aromatic heterocycles. The molecule has 0 aliphatic carbocycles. The number of ether oxygens (including phenoxy) is 14. The molecule has 16 rings (SSSR count). The van der Waals surface area contributed by atoms with Gasteiger partial charge in [-0.25, -0.2) is 0 Å². The van der Waals surface area contributed by atoms with Crippen molar-refractivity contribution in [3.8, 4) is 0 Å². The zero-order valence-electron chi connectivity index (χ0n) is 48.0. The van der Waals surface area contributed by atoms with Crippen molar-refractivity contribution < 1.29 is 91.5 Å². The molecule has 19 heteroatoms. The van der Waals surface area contributed by atoms with E-state index in [0.717, 1.165) is 36.8 Å². The summed E-state index contributed by atoms with van der Waals surface area (Å²) in [5.74, 6) is -2.76. The Kier molecular flexibility index (Phi) is 14.2. The maximum absolute atomic E-state index is 14.8. The average Bonchev–Trinajstić information content (AvgIpc) is 4.41. The number of ketones is 1. The van der Waals surface area contributed by atoms with Crippen molar-refractivity contribution >= 4 is 5.78 Å². The summed E-state index contributed by atoms with van der Waals surface area (Å²) in [6, 6.07) is 0. The number of Topliss-reactive ketones (excluding diaryl/α,β-unsaturated/α-hetero) is 1. The van der Waals surface area contributed by atoms with E-state index in [1.54, 1.807) is 0 Å². The third-order valence-electron chi connectivity index (χ3n) is 23.1. The van der Waals surface area contributed by atoms with Crippen LogP contribution in [0.15, 0.2) is 24.3 Å². The summed E-state index contributed by atoms with van der Waals surface area (Å²) in [5, 5.41) is 42.5. The maximum Gasteiger partial charge on any atom is 0.198 e. The van der Waals surface area contributed by atoms with Crippen LogP contribution in [0.2, 0.25) is 0 Å². The minimum atomic E-state index is -1.33. The molecule has 16 saturated heterocycles. The molecule has 452 valence electrons. The van der Waals surface area contributed by atoms with Gasteiger partial charge >= 0.3 is 0 Å². The lowest BCUT2D eigenvalue weighted by Gasteiger charge is -2.51. The molecule has 16 fully saturated rings. The minimum absolute atomic E-state index is 0.0192. The van der Waals surface area contributed by atoms with Crippen LogP contribution in [0.3, 0.4) is 0 Å². The predicted octanol–water partition coefficient (Wildman–Crippen LogP) is 4.95. The Morgan fingerprint density at radius 1 is 0.568 bits per heavy atom. The Balaban J connectivity index is 0.660. The van der Waals surface area contributed by atoms with E-state index in [4.69, 9.17) is 66.3 Å². The first-order valence-corrected chi connectivity index (χ1v) is 31.6. The molecule has 16 heterocycles. The molecule has 16 aliphatic rings. The molecule has 0 radical (unpaired) electrons. The zero-order chi connectivity index (χ0) is 55.8. The monoisotopic (exact) mass is 1140 g/mol. The van der Waals surface area contributed by atoms with Crippen LogP contribution in [0.4, 0.5) is 0 Å². The van der Waals surface area contributed by atoms with Crippen molar-refractivity contribution in [3.63, 3.8) is 0 Å². The Labute approximate surface area is 475 Å². The summed E-state index contributed by atoms with van der Waals surface area (Å²) < 4.78 is 97.3. The van der Waals surface area contributed by atoms with E-state index in [1.807, 2.05) is 6.92 Å². The van der Waals surface area contributed by atoms with Gasteiger partial charge in [0.25, 0.3) is 0 Å². The summed E-state index contributed by atoms with van der Waals surface area (Å²) in [5.41, 5.74) is 1.12. The van der Waals surface area contributed by atoms with Gasteiger partial charge in [0.05, 0.1) is 116 Å². The van der Waals surface area contributed by atoms with E-state index >= 15 is 0 Å². The minimum Gasteiger partial charge on any atom is -0.394 e. The van der Waals surface area contributed by atoms with Crippen molar-refractivity contribution in [1.82, 2.24) is 0 Å². The molecule has 4 N–H and O–H groups in total. The summed E-state index contributed by atoms with van der Waals surface area (Å²) in [7, 11) is 0. The molecule has 0 aromatic carbocycles. The van der Waals surface area contributed by atoms with Gasteiger partial charge in [-0.3, -0.25) is 4.79 Å². The Bertz CT molecular complexity index is 2430. The fourth-order valence-corrected chi connectivity index (χ4v) is 19.0. The molecule has 0 aromatic rings. The second kappa shape index (κ2) is 20.5. The van der Waals surface area contributed by atoms with Crippen molar-refractivity contribution in [3.05, 3.63) is 24.3 Å². The van der Waals surface area contributed by atoms with Gasteiger partial charge in [0.2, 0.25) is 0 Å². The summed E-state index contributed by atoms with van der Waals surface area (Å²) in [6.45, 7) is 19.5. The van der Waals surface area contributed by atoms with Crippen LogP contribution in [0.5, 0.6) is 0 Å². The second-order valence-electron chi connectivity index (χ2n) is 28.7. The van der Waals surface area contributed by atoms with Crippen LogP contribution in [0.1, 0.15) is 150 Å². The number of hydrogen-bond acceptors (Lipinski definition) is 19. The number of carbonyl (C=O) groups is 1. The average molecular weight is 1140 g/mol. The van der Waals surface area contributed by atoms with Crippen LogP contribution >= 0.6 is 0 Å². The molecular formula is C62H90O19. The Morgan fingerprint density at radius 3 is 2.11 bits per heavy atom. The molecule has 3 spiro atoms. The number of rotatable bonds is 4. The highest BCUT2D eigenvalue weighted by atomic mass is 16.8. The highest BCUT2D eigenvalue weighted by molar-refractivity contribution is 5.79. The third kappa shape index (κ3) is 9.34. The van der Waals surface area contributed by atoms with Crippen LogP contribution in [-0.2, 0) is 71.1 Å². The van der Waals surface area contributed by atoms with E-state index in [-0.39, 0.29) is 140 Å². The second-order valence-corrected chi connectivity index (χ2v) is 28.7. The SMILES string of the molecule is C=C1C[C@@H]2CC[C@]34OC5[C@@H]6O[C@H]7CC[C@H](CC(=O)C[C@@H]8[C@@H](C)[C@@H]9O[C@@H]%10C[C@]%11(C[C@@H]%12O[C@]%13(C[C@H](C)[C@@H]%14O[C@H]([C@@H](O)C[C@@H](O)CO)C[C@@H]%14O%13)C[C@H](C)[C@@H]%12O%11)O[C@@H]%10C[C@@H]9O[C@H]8C[C@H]8O[C@@H](CC[C@@H]1O2)C[C@@H](C)C8=C)O[C@@H]7[C@H](O3)[C@@H]6O[C@@]5(C)[C@H]4O. The number of fused-ring (bicyclic) bond motifs is 10. The van der Waals surface area contributed by atoms with E-state index in [2.05, 4.69) is 40.9 Å². The first-order valence-electron chi connectivity index (χ1n) is 31.6. The molecular weight excluding hydrogens is 1050 g/mol. The normalized spacial score (nSPS) is 58.0. The zero-order valence-corrected chi connectivity index (χ0v) is 48.0. The quantitative estimate of drug-likeness (QED) is 0.273. The predicted molar refractivity (Wildman–Crippen MR) is 283 cm³/mol. The number of carbonyl (C=O) groups excluding carboxylic acids is 1. The van der Waals surface area contributed by atoms with Crippen molar-refractivity contribution in [2.24, 2.45) is 29.6 Å². The van der Waals surface area contributed by atoms with Gasteiger partial charge < -0.3 is 86.7 Å². The van der Waals surface area contributed by atoms with Gasteiger partial charge in [0.15, 0.2) is 17.4 Å². The third-order valence-corrected chi connectivity index (χ3v) is 23.1. The molecule has 0 saturated carbocycles. The van der Waals surface area contributed by atoms with Gasteiger partial charge in [0, 0.05) is 70.6 Å². The number of hydrogen-bond donors (Lipinski definition) is 4. The first-order chi connectivity index (χ1) is 38.8. The fraction of sp³-hybridized carbons (Fsp3) is 0.919. The lowest BCUT2D eigenvalue weighted by Crippen LogP contribution is -2.62. The van der Waals surface area contributed by atoms with Gasteiger partial charge in [-0.05, 0) is 92.6 Å². The molecule has 33 atom stereocenters. The molecule has 81 heavy (non-hydrogen) atoms. The van der Waals surface area contributed by atoms with Crippen molar-refractivity contribution in [1.29, 1.82) is 0 Å².